The molecule has 0 atom stereocenters. The number of halogens is 2. The molecular weight excluding hydrogens is 239 g/mol. The SMILES string of the molecule is CC(C)c1nccn1Cc1ccc(Cl)c(F)c1. The van der Waals surface area contributed by atoms with Crippen LogP contribution in [0.5, 0.6) is 0 Å². The Kier molecular flexibility index (Phi) is 3.48. The lowest BCUT2D eigenvalue weighted by molar-refractivity contribution is 0.620. The first-order valence-corrected chi connectivity index (χ1v) is 5.90. The smallest absolute Gasteiger partial charge is 0.142 e. The second-order valence-corrected chi connectivity index (χ2v) is 4.72. The largest absolute Gasteiger partial charge is 0.330 e. The standard InChI is InChI=1S/C13H14ClFN2/c1-9(2)13-16-5-6-17(13)8-10-3-4-11(14)12(15)7-10/h3-7,9H,8H2,1-2H3. The van der Waals surface area contributed by atoms with E-state index in [1.165, 1.54) is 6.07 Å². The van der Waals surface area contributed by atoms with Gasteiger partial charge >= 0.3 is 0 Å². The van der Waals surface area contributed by atoms with Crippen LogP contribution in [0.15, 0.2) is 30.6 Å². The Morgan fingerprint density at radius 3 is 2.82 bits per heavy atom. The molecule has 0 radical (unpaired) electrons. The van der Waals surface area contributed by atoms with E-state index in [-0.39, 0.29) is 10.8 Å². The lowest BCUT2D eigenvalue weighted by atomic mass is 10.2. The molecule has 0 unspecified atom stereocenters. The van der Waals surface area contributed by atoms with Gasteiger partial charge in [0.15, 0.2) is 0 Å². The summed E-state index contributed by atoms with van der Waals surface area (Å²) in [5, 5.41) is 0.156. The number of hydrogen-bond acceptors (Lipinski definition) is 1. The third-order valence-electron chi connectivity index (χ3n) is 2.60. The second-order valence-electron chi connectivity index (χ2n) is 4.32. The molecule has 0 aliphatic rings. The van der Waals surface area contributed by atoms with Gasteiger partial charge in [0.05, 0.1) is 5.02 Å². The van der Waals surface area contributed by atoms with Gasteiger partial charge in [0.2, 0.25) is 0 Å². The van der Waals surface area contributed by atoms with Gasteiger partial charge in [-0.25, -0.2) is 9.37 Å². The minimum Gasteiger partial charge on any atom is -0.330 e. The van der Waals surface area contributed by atoms with Gasteiger partial charge in [-0.15, -0.1) is 0 Å². The zero-order valence-electron chi connectivity index (χ0n) is 9.82. The predicted octanol–water partition coefficient (Wildman–Crippen LogP) is 3.85. The van der Waals surface area contributed by atoms with Crippen molar-refractivity contribution < 1.29 is 4.39 Å². The number of rotatable bonds is 3. The van der Waals surface area contributed by atoms with Crippen molar-refractivity contribution in [2.24, 2.45) is 0 Å². The summed E-state index contributed by atoms with van der Waals surface area (Å²) in [5.41, 5.74) is 0.881. The topological polar surface area (TPSA) is 17.8 Å². The van der Waals surface area contributed by atoms with E-state index in [1.54, 1.807) is 12.3 Å². The molecule has 17 heavy (non-hydrogen) atoms. The quantitative estimate of drug-likeness (QED) is 0.811. The van der Waals surface area contributed by atoms with Crippen molar-refractivity contribution in [1.82, 2.24) is 9.55 Å². The van der Waals surface area contributed by atoms with E-state index in [1.807, 2.05) is 16.8 Å². The maximum atomic E-state index is 13.3. The minimum atomic E-state index is -0.379. The van der Waals surface area contributed by atoms with Crippen LogP contribution in [0.2, 0.25) is 5.02 Å². The number of hydrogen-bond donors (Lipinski definition) is 0. The van der Waals surface area contributed by atoms with Crippen LogP contribution in [-0.4, -0.2) is 9.55 Å². The number of benzene rings is 1. The molecule has 2 nitrogen and oxygen atoms in total. The Balaban J connectivity index is 2.25. The molecule has 0 aliphatic carbocycles. The average Bonchev–Trinajstić information content (AvgIpc) is 2.72. The average molecular weight is 253 g/mol. The third-order valence-corrected chi connectivity index (χ3v) is 2.91. The summed E-state index contributed by atoms with van der Waals surface area (Å²) >= 11 is 5.65. The highest BCUT2D eigenvalue weighted by atomic mass is 35.5. The Hall–Kier alpha value is -1.35. The Bertz CT molecular complexity index is 520. The Morgan fingerprint density at radius 2 is 2.18 bits per heavy atom. The number of aromatic nitrogens is 2. The van der Waals surface area contributed by atoms with Crippen LogP contribution in [-0.2, 0) is 6.54 Å². The van der Waals surface area contributed by atoms with Gasteiger partial charge in [0.25, 0.3) is 0 Å². The first-order chi connectivity index (χ1) is 8.08. The Morgan fingerprint density at radius 1 is 1.41 bits per heavy atom. The molecule has 0 fully saturated rings. The molecule has 0 saturated heterocycles. The summed E-state index contributed by atoms with van der Waals surface area (Å²) in [5.74, 6) is 0.970. The third kappa shape index (κ3) is 2.67. The van der Waals surface area contributed by atoms with Crippen molar-refractivity contribution in [3.05, 3.63) is 52.8 Å². The van der Waals surface area contributed by atoms with E-state index < -0.39 is 0 Å². The first kappa shape index (κ1) is 12.1. The molecule has 0 aliphatic heterocycles. The summed E-state index contributed by atoms with van der Waals surface area (Å²) in [6, 6.07) is 4.88. The number of nitrogens with zero attached hydrogens (tertiary/aromatic N) is 2. The normalized spacial score (nSPS) is 11.1. The van der Waals surface area contributed by atoms with Gasteiger partial charge < -0.3 is 4.57 Å². The van der Waals surface area contributed by atoms with E-state index >= 15 is 0 Å². The molecule has 2 aromatic rings. The summed E-state index contributed by atoms with van der Waals surface area (Å²) in [7, 11) is 0. The molecule has 90 valence electrons. The van der Waals surface area contributed by atoms with E-state index in [9.17, 15) is 4.39 Å². The summed E-state index contributed by atoms with van der Waals surface area (Å²) in [6.07, 6.45) is 3.67. The molecule has 1 aromatic carbocycles. The maximum Gasteiger partial charge on any atom is 0.142 e. The molecule has 0 amide bonds. The zero-order chi connectivity index (χ0) is 12.4. The Labute approximate surface area is 105 Å². The van der Waals surface area contributed by atoms with Crippen LogP contribution in [0.1, 0.15) is 31.2 Å². The fourth-order valence-electron chi connectivity index (χ4n) is 1.79. The maximum absolute atomic E-state index is 13.3. The summed E-state index contributed by atoms with van der Waals surface area (Å²) in [6.45, 7) is 4.78. The zero-order valence-corrected chi connectivity index (χ0v) is 10.6. The van der Waals surface area contributed by atoms with E-state index in [0.29, 0.717) is 12.5 Å². The lowest BCUT2D eigenvalue weighted by Crippen LogP contribution is -2.06. The van der Waals surface area contributed by atoms with E-state index in [2.05, 4.69) is 18.8 Å². The molecule has 0 saturated carbocycles. The van der Waals surface area contributed by atoms with Crippen molar-refractivity contribution in [1.29, 1.82) is 0 Å². The van der Waals surface area contributed by atoms with Crippen LogP contribution >= 0.6 is 11.6 Å². The van der Waals surface area contributed by atoms with Gasteiger partial charge in [-0.1, -0.05) is 31.5 Å². The van der Waals surface area contributed by atoms with Gasteiger partial charge in [-0.2, -0.15) is 0 Å². The van der Waals surface area contributed by atoms with Gasteiger partial charge in [-0.3, -0.25) is 0 Å². The molecule has 0 N–H and O–H groups in total. The highest BCUT2D eigenvalue weighted by Crippen LogP contribution is 2.18. The molecule has 1 aromatic heterocycles. The van der Waals surface area contributed by atoms with Gasteiger partial charge in [0.1, 0.15) is 11.6 Å². The molecule has 0 spiro atoms. The van der Waals surface area contributed by atoms with Crippen molar-refractivity contribution in [3.63, 3.8) is 0 Å². The van der Waals surface area contributed by atoms with E-state index in [0.717, 1.165) is 11.4 Å². The number of imidazole rings is 1. The van der Waals surface area contributed by atoms with Crippen molar-refractivity contribution in [3.8, 4) is 0 Å². The van der Waals surface area contributed by atoms with E-state index in [4.69, 9.17) is 11.6 Å². The molecular formula is C13H14ClFN2. The van der Waals surface area contributed by atoms with Gasteiger partial charge in [0, 0.05) is 24.9 Å². The van der Waals surface area contributed by atoms with Gasteiger partial charge in [-0.05, 0) is 17.7 Å². The van der Waals surface area contributed by atoms with Crippen LogP contribution < -0.4 is 0 Å². The summed E-state index contributed by atoms with van der Waals surface area (Å²) < 4.78 is 15.3. The fraction of sp³-hybridized carbons (Fsp3) is 0.308. The predicted molar refractivity (Wildman–Crippen MR) is 66.8 cm³/mol. The van der Waals surface area contributed by atoms with Crippen LogP contribution in [0.25, 0.3) is 0 Å². The monoisotopic (exact) mass is 252 g/mol. The first-order valence-electron chi connectivity index (χ1n) is 5.53. The fourth-order valence-corrected chi connectivity index (χ4v) is 1.91. The molecule has 1 heterocycles. The van der Waals surface area contributed by atoms with Crippen LogP contribution in [0.3, 0.4) is 0 Å². The highest BCUT2D eigenvalue weighted by Gasteiger charge is 2.08. The highest BCUT2D eigenvalue weighted by molar-refractivity contribution is 6.30. The van der Waals surface area contributed by atoms with Crippen molar-refractivity contribution in [2.45, 2.75) is 26.3 Å². The lowest BCUT2D eigenvalue weighted by Gasteiger charge is -2.10. The molecule has 4 heteroatoms. The van der Waals surface area contributed by atoms with Crippen molar-refractivity contribution in [2.75, 3.05) is 0 Å². The minimum absolute atomic E-state index is 0.156. The van der Waals surface area contributed by atoms with Crippen LogP contribution in [0, 0.1) is 5.82 Å². The van der Waals surface area contributed by atoms with Crippen molar-refractivity contribution >= 4 is 11.6 Å². The van der Waals surface area contributed by atoms with Crippen LogP contribution in [0.4, 0.5) is 4.39 Å². The second kappa shape index (κ2) is 4.88. The summed E-state index contributed by atoms with van der Waals surface area (Å²) in [4.78, 5) is 4.29. The molecule has 2 rings (SSSR count). The molecule has 0 bridgehead atoms.